The molecule has 72 valence electrons. The van der Waals surface area contributed by atoms with Crippen LogP contribution in [0.25, 0.3) is 0 Å². The Balaban J connectivity index is 2.20. The molecule has 0 saturated heterocycles. The molecule has 1 aliphatic rings. The molecule has 1 rings (SSSR count). The van der Waals surface area contributed by atoms with Gasteiger partial charge in [0.2, 0.25) is 0 Å². The second kappa shape index (κ2) is 5.55. The molecule has 12 heavy (non-hydrogen) atoms. The molecule has 0 aromatic carbocycles. The molecule has 1 fully saturated rings. The molecule has 1 saturated carbocycles. The SMILES string of the molecule is OC1CCCCC(O)CCCC1. The van der Waals surface area contributed by atoms with Gasteiger partial charge in [-0.25, -0.2) is 0 Å². The monoisotopic (exact) mass is 172 g/mol. The summed E-state index contributed by atoms with van der Waals surface area (Å²) < 4.78 is 0. The Labute approximate surface area is 74.6 Å². The van der Waals surface area contributed by atoms with Crippen molar-refractivity contribution in [1.82, 2.24) is 0 Å². The minimum absolute atomic E-state index is 0.0831. The summed E-state index contributed by atoms with van der Waals surface area (Å²) in [5.41, 5.74) is 0. The maximum atomic E-state index is 9.43. The Kier molecular flexibility index (Phi) is 4.62. The average Bonchev–Trinajstić information content (AvgIpc) is 2.06. The lowest BCUT2D eigenvalue weighted by Crippen LogP contribution is -2.12. The van der Waals surface area contributed by atoms with E-state index in [0.29, 0.717) is 0 Å². The molecular weight excluding hydrogens is 152 g/mol. The molecule has 2 N–H and O–H groups in total. The first-order valence-corrected chi connectivity index (χ1v) is 5.15. The molecule has 0 heterocycles. The van der Waals surface area contributed by atoms with Gasteiger partial charge in [-0.15, -0.1) is 0 Å². The van der Waals surface area contributed by atoms with E-state index in [2.05, 4.69) is 0 Å². The Morgan fingerprint density at radius 3 is 1.08 bits per heavy atom. The minimum atomic E-state index is -0.0831. The highest BCUT2D eigenvalue weighted by Crippen LogP contribution is 2.16. The van der Waals surface area contributed by atoms with Crippen LogP contribution in [0.5, 0.6) is 0 Å². The first-order valence-electron chi connectivity index (χ1n) is 5.15. The number of hydrogen-bond donors (Lipinski definition) is 2. The van der Waals surface area contributed by atoms with Crippen molar-refractivity contribution < 1.29 is 10.2 Å². The lowest BCUT2D eigenvalue weighted by molar-refractivity contribution is 0.117. The van der Waals surface area contributed by atoms with E-state index in [1.54, 1.807) is 0 Å². The third kappa shape index (κ3) is 4.07. The lowest BCUT2D eigenvalue weighted by Gasteiger charge is -2.15. The molecule has 0 bridgehead atoms. The normalized spacial score (nSPS) is 34.5. The predicted molar refractivity (Wildman–Crippen MR) is 48.9 cm³/mol. The molecule has 0 amide bonds. The maximum Gasteiger partial charge on any atom is 0.0540 e. The molecule has 0 radical (unpaired) electrons. The van der Waals surface area contributed by atoms with Crippen LogP contribution in [-0.2, 0) is 0 Å². The van der Waals surface area contributed by atoms with Crippen molar-refractivity contribution in [1.29, 1.82) is 0 Å². The summed E-state index contributed by atoms with van der Waals surface area (Å²) in [5.74, 6) is 0. The van der Waals surface area contributed by atoms with Gasteiger partial charge in [-0.1, -0.05) is 25.7 Å². The van der Waals surface area contributed by atoms with E-state index in [0.717, 1.165) is 51.4 Å². The smallest absolute Gasteiger partial charge is 0.0540 e. The van der Waals surface area contributed by atoms with Crippen LogP contribution in [0, 0.1) is 0 Å². The van der Waals surface area contributed by atoms with Crippen LogP contribution in [-0.4, -0.2) is 22.4 Å². The van der Waals surface area contributed by atoms with Crippen LogP contribution in [0.15, 0.2) is 0 Å². The topological polar surface area (TPSA) is 40.5 Å². The van der Waals surface area contributed by atoms with Crippen LogP contribution >= 0.6 is 0 Å². The molecule has 2 heteroatoms. The maximum absolute atomic E-state index is 9.43. The first-order chi connectivity index (χ1) is 5.79. The van der Waals surface area contributed by atoms with Crippen molar-refractivity contribution in [3.05, 3.63) is 0 Å². The fourth-order valence-corrected chi connectivity index (χ4v) is 1.81. The largest absolute Gasteiger partial charge is 0.393 e. The van der Waals surface area contributed by atoms with Gasteiger partial charge in [0.1, 0.15) is 0 Å². The molecule has 0 aromatic rings. The zero-order valence-electron chi connectivity index (χ0n) is 7.71. The van der Waals surface area contributed by atoms with Crippen LogP contribution in [0.1, 0.15) is 51.4 Å². The highest BCUT2D eigenvalue weighted by Gasteiger charge is 2.09. The van der Waals surface area contributed by atoms with E-state index in [1.807, 2.05) is 0 Å². The van der Waals surface area contributed by atoms with E-state index in [-0.39, 0.29) is 12.2 Å². The van der Waals surface area contributed by atoms with E-state index in [4.69, 9.17) is 0 Å². The van der Waals surface area contributed by atoms with Gasteiger partial charge in [0.05, 0.1) is 12.2 Å². The quantitative estimate of drug-likeness (QED) is 0.585. The standard InChI is InChI=1S/C10H20O2/c11-9-5-1-2-6-10(12)8-4-3-7-9/h9-12H,1-8H2. The van der Waals surface area contributed by atoms with E-state index >= 15 is 0 Å². The summed E-state index contributed by atoms with van der Waals surface area (Å²) in [7, 11) is 0. The molecule has 0 atom stereocenters. The van der Waals surface area contributed by atoms with Crippen molar-refractivity contribution >= 4 is 0 Å². The molecule has 0 unspecified atom stereocenters. The Morgan fingerprint density at radius 2 is 0.833 bits per heavy atom. The van der Waals surface area contributed by atoms with Crippen molar-refractivity contribution in [2.24, 2.45) is 0 Å². The van der Waals surface area contributed by atoms with E-state index in [1.165, 1.54) is 0 Å². The number of aliphatic hydroxyl groups is 2. The van der Waals surface area contributed by atoms with Gasteiger partial charge in [-0.3, -0.25) is 0 Å². The van der Waals surface area contributed by atoms with Crippen LogP contribution in [0.4, 0.5) is 0 Å². The van der Waals surface area contributed by atoms with Crippen LogP contribution in [0.3, 0.4) is 0 Å². The molecule has 0 aromatic heterocycles. The van der Waals surface area contributed by atoms with Crippen molar-refractivity contribution in [3.8, 4) is 0 Å². The predicted octanol–water partition coefficient (Wildman–Crippen LogP) is 1.84. The molecule has 1 aliphatic carbocycles. The summed E-state index contributed by atoms with van der Waals surface area (Å²) in [6.45, 7) is 0. The lowest BCUT2D eigenvalue weighted by atomic mass is 9.98. The van der Waals surface area contributed by atoms with Gasteiger partial charge in [-0.05, 0) is 25.7 Å². The van der Waals surface area contributed by atoms with Gasteiger partial charge in [0, 0.05) is 0 Å². The van der Waals surface area contributed by atoms with Crippen molar-refractivity contribution in [2.45, 2.75) is 63.6 Å². The van der Waals surface area contributed by atoms with Gasteiger partial charge < -0.3 is 10.2 Å². The van der Waals surface area contributed by atoms with Crippen LogP contribution in [0.2, 0.25) is 0 Å². The zero-order chi connectivity index (χ0) is 8.81. The third-order valence-electron chi connectivity index (χ3n) is 2.65. The highest BCUT2D eigenvalue weighted by atomic mass is 16.3. The first kappa shape index (κ1) is 10.0. The molecule has 0 spiro atoms. The fraction of sp³-hybridized carbons (Fsp3) is 1.00. The summed E-state index contributed by atoms with van der Waals surface area (Å²) in [5, 5.41) is 18.9. The fourth-order valence-electron chi connectivity index (χ4n) is 1.81. The average molecular weight is 172 g/mol. The third-order valence-corrected chi connectivity index (χ3v) is 2.65. The zero-order valence-corrected chi connectivity index (χ0v) is 7.71. The van der Waals surface area contributed by atoms with Crippen molar-refractivity contribution in [2.75, 3.05) is 0 Å². The summed E-state index contributed by atoms with van der Waals surface area (Å²) >= 11 is 0. The molecule has 0 aliphatic heterocycles. The highest BCUT2D eigenvalue weighted by molar-refractivity contribution is 4.63. The Bertz CT molecular complexity index is 88.4. The van der Waals surface area contributed by atoms with Gasteiger partial charge in [-0.2, -0.15) is 0 Å². The van der Waals surface area contributed by atoms with E-state index in [9.17, 15) is 10.2 Å². The second-order valence-corrected chi connectivity index (χ2v) is 3.88. The number of hydrogen-bond acceptors (Lipinski definition) is 2. The van der Waals surface area contributed by atoms with Gasteiger partial charge >= 0.3 is 0 Å². The van der Waals surface area contributed by atoms with Gasteiger partial charge in [0.15, 0.2) is 0 Å². The van der Waals surface area contributed by atoms with Crippen LogP contribution < -0.4 is 0 Å². The molecular formula is C10H20O2. The van der Waals surface area contributed by atoms with Gasteiger partial charge in [0.25, 0.3) is 0 Å². The summed E-state index contributed by atoms with van der Waals surface area (Å²) in [4.78, 5) is 0. The Morgan fingerprint density at radius 1 is 0.583 bits per heavy atom. The Hall–Kier alpha value is -0.0800. The summed E-state index contributed by atoms with van der Waals surface area (Å²) in [6.07, 6.45) is 7.80. The number of rotatable bonds is 0. The molecule has 2 nitrogen and oxygen atoms in total. The van der Waals surface area contributed by atoms with Crippen molar-refractivity contribution in [3.63, 3.8) is 0 Å². The number of aliphatic hydroxyl groups excluding tert-OH is 2. The second-order valence-electron chi connectivity index (χ2n) is 3.88. The van der Waals surface area contributed by atoms with E-state index < -0.39 is 0 Å². The minimum Gasteiger partial charge on any atom is -0.393 e. The summed E-state index contributed by atoms with van der Waals surface area (Å²) in [6, 6.07) is 0.